The van der Waals surface area contributed by atoms with Crippen molar-refractivity contribution in [3.63, 3.8) is 0 Å². The normalized spacial score (nSPS) is 11.6. The Bertz CT molecular complexity index is 771. The monoisotopic (exact) mass is 297 g/mol. The molecule has 7 heteroatoms. The van der Waals surface area contributed by atoms with Crippen LogP contribution in [0.25, 0.3) is 11.0 Å². The van der Waals surface area contributed by atoms with Gasteiger partial charge in [-0.1, -0.05) is 17.5 Å². The number of aromatic amines is 1. The molecule has 0 aliphatic rings. The lowest BCUT2D eigenvalue weighted by atomic mass is 10.3. The molecule has 0 aliphatic carbocycles. The number of fused-ring (bicyclic) bond motifs is 1. The zero-order chi connectivity index (χ0) is 14.0. The molecular weight excluding hydrogens is 286 g/mol. The second-order valence-electron chi connectivity index (χ2n) is 3.89. The summed E-state index contributed by atoms with van der Waals surface area (Å²) in [7, 11) is -2.13. The van der Waals surface area contributed by atoms with Gasteiger partial charge in [0, 0.05) is 24.8 Å². The molecule has 2 aromatic heterocycles. The third kappa shape index (κ3) is 2.59. The van der Waals surface area contributed by atoms with E-state index in [0.29, 0.717) is 16.1 Å². The van der Waals surface area contributed by atoms with Crippen LogP contribution in [0.15, 0.2) is 23.4 Å². The predicted octanol–water partition coefficient (Wildman–Crippen LogP) is 1.86. The van der Waals surface area contributed by atoms with Crippen LogP contribution in [-0.2, 0) is 10.0 Å². The van der Waals surface area contributed by atoms with Gasteiger partial charge in [0.15, 0.2) is 0 Å². The topological polar surface area (TPSA) is 66.1 Å². The fourth-order valence-corrected chi connectivity index (χ4v) is 2.98. The van der Waals surface area contributed by atoms with E-state index < -0.39 is 10.0 Å². The number of aromatic nitrogens is 2. The molecule has 0 atom stereocenters. The van der Waals surface area contributed by atoms with E-state index in [0.717, 1.165) is 0 Å². The molecule has 1 N–H and O–H groups in total. The zero-order valence-electron chi connectivity index (χ0n) is 10.4. The molecule has 0 saturated heterocycles. The first kappa shape index (κ1) is 13.9. The van der Waals surface area contributed by atoms with Crippen LogP contribution in [0.3, 0.4) is 0 Å². The largest absolute Gasteiger partial charge is 0.345 e. The second kappa shape index (κ2) is 5.21. The van der Waals surface area contributed by atoms with Crippen molar-refractivity contribution in [2.75, 3.05) is 13.6 Å². The van der Waals surface area contributed by atoms with Gasteiger partial charge in [0.1, 0.15) is 10.5 Å². The molecule has 0 aliphatic heterocycles. The number of nitrogens with one attached hydrogen (secondary N) is 1. The van der Waals surface area contributed by atoms with Gasteiger partial charge < -0.3 is 4.98 Å². The number of halogens is 1. The molecule has 0 saturated carbocycles. The quantitative estimate of drug-likeness (QED) is 0.879. The molecule has 2 rings (SSSR count). The molecule has 5 nitrogen and oxygen atoms in total. The van der Waals surface area contributed by atoms with Crippen LogP contribution in [0.1, 0.15) is 6.92 Å². The number of pyridine rings is 1. The Morgan fingerprint density at radius 1 is 1.53 bits per heavy atom. The van der Waals surface area contributed by atoms with Gasteiger partial charge in [-0.15, -0.1) is 5.92 Å². The first-order valence-electron chi connectivity index (χ1n) is 5.45. The molecule has 0 bridgehead atoms. The van der Waals surface area contributed by atoms with Gasteiger partial charge in [0.05, 0.1) is 11.6 Å². The van der Waals surface area contributed by atoms with E-state index in [1.807, 2.05) is 0 Å². The van der Waals surface area contributed by atoms with E-state index in [9.17, 15) is 8.42 Å². The molecule has 2 aromatic rings. The Hall–Kier alpha value is -1.55. The Morgan fingerprint density at radius 2 is 2.26 bits per heavy atom. The fourth-order valence-electron chi connectivity index (χ4n) is 1.61. The summed E-state index contributed by atoms with van der Waals surface area (Å²) in [6.45, 7) is 1.80. The summed E-state index contributed by atoms with van der Waals surface area (Å²) in [6, 6.07) is 1.58. The third-order valence-electron chi connectivity index (χ3n) is 2.63. The average Bonchev–Trinajstić information content (AvgIpc) is 2.79. The smallest absolute Gasteiger partial charge is 0.245 e. The molecule has 19 heavy (non-hydrogen) atoms. The van der Waals surface area contributed by atoms with Crippen LogP contribution < -0.4 is 0 Å². The molecule has 0 radical (unpaired) electrons. The molecule has 0 fully saturated rings. The van der Waals surface area contributed by atoms with Gasteiger partial charge in [-0.25, -0.2) is 13.4 Å². The van der Waals surface area contributed by atoms with Crippen LogP contribution in [0.5, 0.6) is 0 Å². The highest BCUT2D eigenvalue weighted by Crippen LogP contribution is 2.25. The number of rotatable bonds is 3. The number of hydrogen-bond acceptors (Lipinski definition) is 3. The minimum atomic E-state index is -3.61. The van der Waals surface area contributed by atoms with Crippen molar-refractivity contribution >= 4 is 32.7 Å². The maximum absolute atomic E-state index is 12.4. The van der Waals surface area contributed by atoms with Gasteiger partial charge >= 0.3 is 0 Å². The highest BCUT2D eigenvalue weighted by atomic mass is 35.5. The molecule has 0 spiro atoms. The molecule has 0 amide bonds. The van der Waals surface area contributed by atoms with E-state index in [1.165, 1.54) is 23.7 Å². The zero-order valence-corrected chi connectivity index (χ0v) is 12.0. The number of hydrogen-bond donors (Lipinski definition) is 1. The van der Waals surface area contributed by atoms with Crippen molar-refractivity contribution in [2.24, 2.45) is 0 Å². The fraction of sp³-hybridized carbons (Fsp3) is 0.250. The van der Waals surface area contributed by atoms with Crippen LogP contribution >= 0.6 is 11.6 Å². The number of nitrogens with zero attached hydrogens (tertiary/aromatic N) is 2. The Labute approximate surface area is 116 Å². The standard InChI is InChI=1S/C12H12ClN3O2S/c1-3-4-5-16(2)19(17,18)11-8-15-12-10(11)6-9(13)7-14-12/h6-8H,5H2,1-2H3,(H,14,15). The SMILES string of the molecule is CC#CCN(C)S(=O)(=O)c1c[nH]c2ncc(Cl)cc12. The first-order valence-corrected chi connectivity index (χ1v) is 7.27. The van der Waals surface area contributed by atoms with Crippen molar-refractivity contribution in [3.05, 3.63) is 23.5 Å². The molecule has 0 aromatic carbocycles. The van der Waals surface area contributed by atoms with Crippen LogP contribution in [0, 0.1) is 11.8 Å². The molecule has 2 heterocycles. The van der Waals surface area contributed by atoms with Crippen LogP contribution in [0.2, 0.25) is 5.02 Å². The van der Waals surface area contributed by atoms with Crippen molar-refractivity contribution in [1.29, 1.82) is 0 Å². The first-order chi connectivity index (χ1) is 8.96. The Morgan fingerprint density at radius 3 is 2.95 bits per heavy atom. The van der Waals surface area contributed by atoms with Gasteiger partial charge in [0.2, 0.25) is 10.0 Å². The minimum Gasteiger partial charge on any atom is -0.345 e. The average molecular weight is 298 g/mol. The Kier molecular flexibility index (Phi) is 3.80. The lowest BCUT2D eigenvalue weighted by Crippen LogP contribution is -2.27. The van der Waals surface area contributed by atoms with E-state index in [4.69, 9.17) is 11.6 Å². The molecule has 100 valence electrons. The second-order valence-corrected chi connectivity index (χ2v) is 6.34. The molecular formula is C12H12ClN3O2S. The maximum Gasteiger partial charge on any atom is 0.245 e. The molecule has 0 unspecified atom stereocenters. The highest BCUT2D eigenvalue weighted by Gasteiger charge is 2.24. The summed E-state index contributed by atoms with van der Waals surface area (Å²) in [5, 5.41) is 0.864. The van der Waals surface area contributed by atoms with Crippen molar-refractivity contribution in [3.8, 4) is 11.8 Å². The highest BCUT2D eigenvalue weighted by molar-refractivity contribution is 7.89. The summed E-state index contributed by atoms with van der Waals surface area (Å²) < 4.78 is 26.0. The Balaban J connectivity index is 2.53. The summed E-state index contributed by atoms with van der Waals surface area (Å²) >= 11 is 5.85. The van der Waals surface area contributed by atoms with Crippen molar-refractivity contribution < 1.29 is 8.42 Å². The van der Waals surface area contributed by atoms with Gasteiger partial charge in [-0.2, -0.15) is 4.31 Å². The van der Waals surface area contributed by atoms with Gasteiger partial charge in [0.25, 0.3) is 0 Å². The summed E-state index contributed by atoms with van der Waals surface area (Å²) in [4.78, 5) is 7.01. The maximum atomic E-state index is 12.4. The third-order valence-corrected chi connectivity index (χ3v) is 4.68. The lowest BCUT2D eigenvalue weighted by molar-refractivity contribution is 0.504. The van der Waals surface area contributed by atoms with Crippen LogP contribution in [0.4, 0.5) is 0 Å². The summed E-state index contributed by atoms with van der Waals surface area (Å²) in [6.07, 6.45) is 2.88. The van der Waals surface area contributed by atoms with Gasteiger partial charge in [-0.3, -0.25) is 0 Å². The van der Waals surface area contributed by atoms with Crippen molar-refractivity contribution in [1.82, 2.24) is 14.3 Å². The van der Waals surface area contributed by atoms with E-state index in [2.05, 4.69) is 21.8 Å². The van der Waals surface area contributed by atoms with E-state index in [1.54, 1.807) is 13.0 Å². The predicted molar refractivity (Wildman–Crippen MR) is 74.4 cm³/mol. The van der Waals surface area contributed by atoms with E-state index >= 15 is 0 Å². The summed E-state index contributed by atoms with van der Waals surface area (Å²) in [5.41, 5.74) is 0.484. The lowest BCUT2D eigenvalue weighted by Gasteiger charge is -2.13. The van der Waals surface area contributed by atoms with Crippen molar-refractivity contribution in [2.45, 2.75) is 11.8 Å². The number of sulfonamides is 1. The number of H-pyrrole nitrogens is 1. The van der Waals surface area contributed by atoms with Crippen LogP contribution in [-0.4, -0.2) is 36.3 Å². The minimum absolute atomic E-state index is 0.138. The van der Waals surface area contributed by atoms with Gasteiger partial charge in [-0.05, 0) is 13.0 Å². The summed E-state index contributed by atoms with van der Waals surface area (Å²) in [5.74, 6) is 5.39. The van der Waals surface area contributed by atoms with E-state index in [-0.39, 0.29) is 11.4 Å².